The van der Waals surface area contributed by atoms with Crippen LogP contribution in [0.1, 0.15) is 19.4 Å². The van der Waals surface area contributed by atoms with Gasteiger partial charge in [0.15, 0.2) is 0 Å². The van der Waals surface area contributed by atoms with Gasteiger partial charge in [0.1, 0.15) is 0 Å². The van der Waals surface area contributed by atoms with Gasteiger partial charge in [-0.25, -0.2) is 10.8 Å². The lowest BCUT2D eigenvalue weighted by molar-refractivity contribution is 0.474. The molecule has 0 bridgehead atoms. The number of nitrogens with two attached hydrogens (primary N) is 1. The maximum absolute atomic E-state index is 5.45. The first-order chi connectivity index (χ1) is 7.63. The van der Waals surface area contributed by atoms with Crippen molar-refractivity contribution in [2.45, 2.75) is 26.4 Å². The fraction of sp³-hybridized carbons (Fsp3) is 0.417. The summed E-state index contributed by atoms with van der Waals surface area (Å²) in [4.78, 5) is 6.39. The van der Waals surface area contributed by atoms with Crippen LogP contribution in [0.3, 0.4) is 0 Å². The quantitative estimate of drug-likeness (QED) is 0.350. The zero-order chi connectivity index (χ0) is 12.0. The minimum atomic E-state index is 0.226. The number of rotatable bonds is 3. The molecule has 0 radical (unpaired) electrons. The Kier molecular flexibility index (Phi) is 4.79. The third-order valence-corrected chi connectivity index (χ3v) is 2.13. The minimum absolute atomic E-state index is 0.226. The van der Waals surface area contributed by atoms with Crippen molar-refractivity contribution in [3.8, 4) is 0 Å². The monoisotopic (exact) mass is 220 g/mol. The second kappa shape index (κ2) is 6.12. The Bertz CT molecular complexity index is 332. The Morgan fingerprint density at radius 1 is 1.38 bits per heavy atom. The van der Waals surface area contributed by atoms with Crippen molar-refractivity contribution in [1.29, 1.82) is 0 Å². The Labute approximate surface area is 97.1 Å². The first kappa shape index (κ1) is 12.5. The smallest absolute Gasteiger partial charge is 0.208 e. The van der Waals surface area contributed by atoms with Gasteiger partial charge in [-0.2, -0.15) is 0 Å². The zero-order valence-electron chi connectivity index (χ0n) is 10.1. The van der Waals surface area contributed by atoms with Crippen molar-refractivity contribution >= 4 is 5.96 Å². The molecule has 4 heteroatoms. The minimum Gasteiger partial charge on any atom is -0.341 e. The van der Waals surface area contributed by atoms with E-state index in [4.69, 9.17) is 5.84 Å². The molecule has 1 aromatic rings. The lowest BCUT2D eigenvalue weighted by Crippen LogP contribution is -2.42. The number of aliphatic imine (C=N–C) groups is 1. The first-order valence-corrected chi connectivity index (χ1v) is 5.43. The molecule has 88 valence electrons. The molecule has 0 aliphatic carbocycles. The van der Waals surface area contributed by atoms with E-state index in [-0.39, 0.29) is 6.04 Å². The summed E-state index contributed by atoms with van der Waals surface area (Å²) in [6.45, 7) is 4.83. The summed E-state index contributed by atoms with van der Waals surface area (Å²) in [5.41, 5.74) is 3.86. The lowest BCUT2D eigenvalue weighted by Gasteiger charge is -2.21. The number of hydrogen-bond donors (Lipinski definition) is 2. The van der Waals surface area contributed by atoms with E-state index in [9.17, 15) is 0 Å². The van der Waals surface area contributed by atoms with Crippen LogP contribution >= 0.6 is 0 Å². The molecule has 16 heavy (non-hydrogen) atoms. The maximum Gasteiger partial charge on any atom is 0.208 e. The summed E-state index contributed by atoms with van der Waals surface area (Å²) in [6, 6.07) is 10.5. The van der Waals surface area contributed by atoms with Crippen LogP contribution in [0.2, 0.25) is 0 Å². The highest BCUT2D eigenvalue weighted by atomic mass is 15.4. The molecule has 0 unspecified atom stereocenters. The first-order valence-electron chi connectivity index (χ1n) is 5.43. The molecule has 0 atom stereocenters. The fourth-order valence-corrected chi connectivity index (χ4v) is 1.42. The highest BCUT2D eigenvalue weighted by Gasteiger charge is 2.05. The van der Waals surface area contributed by atoms with E-state index in [1.165, 1.54) is 5.56 Å². The van der Waals surface area contributed by atoms with Crippen LogP contribution in [-0.2, 0) is 6.54 Å². The molecule has 0 spiro atoms. The molecule has 4 nitrogen and oxygen atoms in total. The van der Waals surface area contributed by atoms with Crippen molar-refractivity contribution < 1.29 is 0 Å². The number of benzene rings is 1. The van der Waals surface area contributed by atoms with Crippen molar-refractivity contribution in [1.82, 2.24) is 10.3 Å². The molecule has 0 aliphatic rings. The second-order valence-corrected chi connectivity index (χ2v) is 4.03. The summed E-state index contributed by atoms with van der Waals surface area (Å²) in [7, 11) is 1.97. The van der Waals surface area contributed by atoms with Crippen LogP contribution in [0, 0.1) is 0 Å². The number of nitrogens with zero attached hydrogens (tertiary/aromatic N) is 2. The number of guanidine groups is 1. The van der Waals surface area contributed by atoms with Crippen molar-refractivity contribution in [3.63, 3.8) is 0 Å². The van der Waals surface area contributed by atoms with Gasteiger partial charge in [0.2, 0.25) is 5.96 Å². The third-order valence-electron chi connectivity index (χ3n) is 2.13. The lowest BCUT2D eigenvalue weighted by atomic mass is 10.2. The third kappa shape index (κ3) is 3.90. The topological polar surface area (TPSA) is 53.6 Å². The van der Waals surface area contributed by atoms with Crippen molar-refractivity contribution in [2.24, 2.45) is 10.8 Å². The molecule has 0 heterocycles. The summed E-state index contributed by atoms with van der Waals surface area (Å²) in [6.07, 6.45) is 0. The Morgan fingerprint density at radius 2 is 2.00 bits per heavy atom. The second-order valence-electron chi connectivity index (χ2n) is 4.03. The van der Waals surface area contributed by atoms with Gasteiger partial charge in [-0.1, -0.05) is 30.3 Å². The van der Waals surface area contributed by atoms with Gasteiger partial charge in [-0.15, -0.1) is 0 Å². The molecular formula is C12H20N4. The summed E-state index contributed by atoms with van der Waals surface area (Å²) in [5, 5.41) is 0. The molecule has 0 aliphatic heterocycles. The van der Waals surface area contributed by atoms with Gasteiger partial charge in [-0.3, -0.25) is 5.43 Å². The van der Waals surface area contributed by atoms with Crippen LogP contribution in [0.25, 0.3) is 0 Å². The van der Waals surface area contributed by atoms with E-state index in [0.717, 1.165) is 6.54 Å². The van der Waals surface area contributed by atoms with Crippen LogP contribution in [0.5, 0.6) is 0 Å². The molecule has 0 saturated heterocycles. The fourth-order valence-electron chi connectivity index (χ4n) is 1.42. The number of hydrazine groups is 1. The normalized spacial score (nSPS) is 11.7. The van der Waals surface area contributed by atoms with E-state index in [0.29, 0.717) is 5.96 Å². The van der Waals surface area contributed by atoms with Gasteiger partial charge in [-0.05, 0) is 19.4 Å². The van der Waals surface area contributed by atoms with Crippen molar-refractivity contribution in [2.75, 3.05) is 7.05 Å². The van der Waals surface area contributed by atoms with Crippen LogP contribution in [-0.4, -0.2) is 23.9 Å². The maximum atomic E-state index is 5.45. The van der Waals surface area contributed by atoms with Crippen LogP contribution in [0.15, 0.2) is 35.3 Å². The SMILES string of the molecule is CC(C)N=C(NN)N(C)Cc1ccccc1. The Morgan fingerprint density at radius 3 is 2.50 bits per heavy atom. The van der Waals surface area contributed by atoms with Crippen LogP contribution < -0.4 is 11.3 Å². The van der Waals surface area contributed by atoms with E-state index in [1.54, 1.807) is 0 Å². The van der Waals surface area contributed by atoms with E-state index >= 15 is 0 Å². The number of nitrogens with one attached hydrogen (secondary N) is 1. The van der Waals surface area contributed by atoms with E-state index < -0.39 is 0 Å². The van der Waals surface area contributed by atoms with E-state index in [2.05, 4.69) is 22.6 Å². The predicted octanol–water partition coefficient (Wildman–Crippen LogP) is 1.35. The van der Waals surface area contributed by atoms with Crippen LogP contribution in [0.4, 0.5) is 0 Å². The molecule has 0 aromatic heterocycles. The highest BCUT2D eigenvalue weighted by molar-refractivity contribution is 5.79. The molecular weight excluding hydrogens is 200 g/mol. The average Bonchev–Trinajstić information content (AvgIpc) is 2.26. The Hall–Kier alpha value is -1.55. The molecule has 0 saturated carbocycles. The molecule has 1 aromatic carbocycles. The predicted molar refractivity (Wildman–Crippen MR) is 67.8 cm³/mol. The molecule has 0 amide bonds. The summed E-state index contributed by atoms with van der Waals surface area (Å²) >= 11 is 0. The Balaban J connectivity index is 2.67. The molecule has 3 N–H and O–H groups in total. The summed E-state index contributed by atoms with van der Waals surface area (Å²) in [5.74, 6) is 6.16. The average molecular weight is 220 g/mol. The highest BCUT2D eigenvalue weighted by Crippen LogP contribution is 2.03. The van der Waals surface area contributed by atoms with Crippen molar-refractivity contribution in [3.05, 3.63) is 35.9 Å². The number of hydrogen-bond acceptors (Lipinski definition) is 2. The van der Waals surface area contributed by atoms with Gasteiger partial charge in [0.25, 0.3) is 0 Å². The zero-order valence-corrected chi connectivity index (χ0v) is 10.1. The van der Waals surface area contributed by atoms with Gasteiger partial charge in [0.05, 0.1) is 0 Å². The molecule has 0 fully saturated rings. The molecule has 1 rings (SSSR count). The largest absolute Gasteiger partial charge is 0.341 e. The van der Waals surface area contributed by atoms with Gasteiger partial charge >= 0.3 is 0 Å². The standard InChI is InChI=1S/C12H20N4/c1-10(2)14-12(15-13)16(3)9-11-7-5-4-6-8-11/h4-8,10H,9,13H2,1-3H3,(H,14,15). The van der Waals surface area contributed by atoms with Gasteiger partial charge < -0.3 is 4.90 Å². The van der Waals surface area contributed by atoms with Gasteiger partial charge in [0, 0.05) is 19.6 Å². The summed E-state index contributed by atoms with van der Waals surface area (Å²) < 4.78 is 0. The van der Waals surface area contributed by atoms with E-state index in [1.807, 2.05) is 44.0 Å².